The minimum Gasteiger partial charge on any atom is -0.857 e. The van der Waals surface area contributed by atoms with E-state index in [0.717, 1.165) is 14.2 Å². The van der Waals surface area contributed by atoms with Crippen LogP contribution in [0.15, 0.2) is 41.2 Å². The van der Waals surface area contributed by atoms with Gasteiger partial charge in [-0.3, -0.25) is 0 Å². The van der Waals surface area contributed by atoms with Crippen LogP contribution in [0.5, 0.6) is 0 Å². The predicted octanol–water partition coefficient (Wildman–Crippen LogP) is 4.32. The molecule has 0 amide bonds. The third-order valence-corrected chi connectivity index (χ3v) is 10.3. The van der Waals surface area contributed by atoms with E-state index >= 15 is 0 Å². The van der Waals surface area contributed by atoms with Crippen LogP contribution < -0.4 is 10.2 Å². The van der Waals surface area contributed by atoms with Gasteiger partial charge in [-0.05, 0) is 0 Å². The van der Waals surface area contributed by atoms with E-state index in [2.05, 4.69) is 69.2 Å². The van der Waals surface area contributed by atoms with Crippen molar-refractivity contribution in [1.29, 1.82) is 0 Å². The summed E-state index contributed by atoms with van der Waals surface area (Å²) in [6, 6.07) is 0. The van der Waals surface area contributed by atoms with Crippen LogP contribution in [0.1, 0.15) is 69.2 Å². The molecule has 0 aromatic carbocycles. The molecule has 140 valence electrons. The third kappa shape index (κ3) is 4.13. The summed E-state index contributed by atoms with van der Waals surface area (Å²) in [6.07, 6.45) is 0. The summed E-state index contributed by atoms with van der Waals surface area (Å²) < 4.78 is 3.50. The van der Waals surface area contributed by atoms with Gasteiger partial charge in [0.25, 0.3) is 0 Å². The fraction of sp³-hybridized carbons (Fsp3) is 0.636. The molecule has 0 fully saturated rings. The first-order chi connectivity index (χ1) is 11.4. The smallest absolute Gasteiger partial charge is 0.153 e. The second-order valence-corrected chi connectivity index (χ2v) is 9.83. The molecule has 2 aliphatic carbocycles. The zero-order valence-corrected chi connectivity index (χ0v) is 19.9. The van der Waals surface area contributed by atoms with Gasteiger partial charge < -0.3 is 10.2 Å². The molecule has 2 rings (SSSR count). The molecule has 0 heterocycles. The van der Waals surface area contributed by atoms with Crippen LogP contribution in [0.2, 0.25) is 0 Å². The van der Waals surface area contributed by atoms with Gasteiger partial charge in [-0.1, -0.05) is 0 Å². The van der Waals surface area contributed by atoms with Gasteiger partial charge in [0.05, 0.1) is 0 Å². The molecule has 0 saturated carbocycles. The molecule has 25 heavy (non-hydrogen) atoms. The normalized spacial score (nSPS) is 21.0. The molecule has 3 heteroatoms. The maximum absolute atomic E-state index is 8.25. The molecule has 2 nitrogen and oxygen atoms in total. The van der Waals surface area contributed by atoms with Gasteiger partial charge in [-0.15, -0.1) is 0 Å². The number of hydrogen-bond acceptors (Lipinski definition) is 2. The molecule has 0 aromatic rings. The van der Waals surface area contributed by atoms with E-state index in [-0.39, 0.29) is 30.0 Å². The first-order valence-corrected chi connectivity index (χ1v) is 10.4. The molecule has 0 aliphatic heterocycles. The fourth-order valence-electron chi connectivity index (χ4n) is 3.81. The van der Waals surface area contributed by atoms with E-state index in [9.17, 15) is 0 Å². The predicted molar refractivity (Wildman–Crippen MR) is 102 cm³/mol. The van der Waals surface area contributed by atoms with Gasteiger partial charge in [0.1, 0.15) is 0 Å². The molecule has 0 N–H and O–H groups in total. The van der Waals surface area contributed by atoms with Crippen molar-refractivity contribution in [2.45, 2.75) is 69.2 Å². The van der Waals surface area contributed by atoms with Crippen LogP contribution >= 0.6 is 0 Å². The Morgan fingerprint density at radius 1 is 0.520 bits per heavy atom. The second kappa shape index (κ2) is 8.99. The first kappa shape index (κ1) is 24.6. The zero-order chi connectivity index (χ0) is 20.3. The van der Waals surface area contributed by atoms with Gasteiger partial charge >= 0.3 is 140 Å². The minimum absolute atomic E-state index is 0.239. The van der Waals surface area contributed by atoms with Crippen molar-refractivity contribution in [1.82, 2.24) is 0 Å². The average molecular weight is 380 g/mol. The molecule has 0 bridgehead atoms. The van der Waals surface area contributed by atoms with Crippen LogP contribution in [0.25, 0.3) is 0 Å². The summed E-state index contributed by atoms with van der Waals surface area (Å²) in [5.74, 6) is 0. The SMILES string of the molecule is CC1=C(C)C(C)(C)[C]([Ti+2][C]2=C(C)C(C)=C(C)C2(C)C)=C1C.C[O-].C[O-]. The number of hydrogen-bond donors (Lipinski definition) is 0. The largest absolute Gasteiger partial charge is 0.857 e. The summed E-state index contributed by atoms with van der Waals surface area (Å²) in [7, 11) is 1.50. The van der Waals surface area contributed by atoms with Gasteiger partial charge in [0.2, 0.25) is 0 Å². The van der Waals surface area contributed by atoms with Crippen molar-refractivity contribution in [3.8, 4) is 0 Å². The van der Waals surface area contributed by atoms with E-state index in [1.807, 2.05) is 0 Å². The van der Waals surface area contributed by atoms with Gasteiger partial charge in [0.15, 0.2) is 0 Å². The van der Waals surface area contributed by atoms with E-state index in [1.165, 1.54) is 11.1 Å². The van der Waals surface area contributed by atoms with Gasteiger partial charge in [0, 0.05) is 0 Å². The zero-order valence-electron chi connectivity index (χ0n) is 18.3. The average Bonchev–Trinajstić information content (AvgIpc) is 2.83. The third-order valence-electron chi connectivity index (χ3n) is 6.38. The Hall–Kier alpha value is -0.406. The van der Waals surface area contributed by atoms with E-state index in [0.29, 0.717) is 0 Å². The molecule has 0 unspecified atom stereocenters. The van der Waals surface area contributed by atoms with E-state index in [1.54, 1.807) is 30.0 Å². The van der Waals surface area contributed by atoms with Gasteiger partial charge in [-0.2, -0.15) is 14.2 Å². The summed E-state index contributed by atoms with van der Waals surface area (Å²) >= 11 is -0.239. The monoisotopic (exact) mass is 380 g/mol. The minimum atomic E-state index is -0.239. The molecule has 0 saturated heterocycles. The van der Waals surface area contributed by atoms with Crippen LogP contribution in [0.4, 0.5) is 0 Å². The second-order valence-electron chi connectivity index (χ2n) is 7.88. The molecule has 2 aliphatic rings. The summed E-state index contributed by atoms with van der Waals surface area (Å²) in [4.78, 5) is 0. The Balaban J connectivity index is 0.00000134. The molecule has 0 radical (unpaired) electrons. The van der Waals surface area contributed by atoms with E-state index < -0.39 is 0 Å². The van der Waals surface area contributed by atoms with E-state index in [4.69, 9.17) is 10.2 Å². The van der Waals surface area contributed by atoms with Gasteiger partial charge in [-0.25, -0.2) is 0 Å². The quantitative estimate of drug-likeness (QED) is 0.670. The summed E-state index contributed by atoms with van der Waals surface area (Å²) in [5.41, 5.74) is 9.92. The van der Waals surface area contributed by atoms with Crippen molar-refractivity contribution < 1.29 is 29.4 Å². The Morgan fingerprint density at radius 3 is 0.920 bits per heavy atom. The Bertz CT molecular complexity index is 585. The molecular formula is C22H36O2Ti. The molecule has 0 spiro atoms. The fourth-order valence-corrected chi connectivity index (χ4v) is 6.94. The standard InChI is InChI=1S/2C10H15.2CH3O.Ti/c2*1-7-6-10(4,5)9(3)8(7)2;2*1-2;/h2*1-5H3;2*1H3;/q;;2*-1;+2. The van der Waals surface area contributed by atoms with Crippen molar-refractivity contribution >= 4 is 0 Å². The van der Waals surface area contributed by atoms with Crippen LogP contribution in [0.3, 0.4) is 0 Å². The molecule has 0 atom stereocenters. The summed E-state index contributed by atoms with van der Waals surface area (Å²) in [5, 5.41) is 16.5. The number of rotatable bonds is 2. The maximum Gasteiger partial charge on any atom is -0.153 e. The Kier molecular flexibility index (Phi) is 8.85. The van der Waals surface area contributed by atoms with Crippen molar-refractivity contribution in [2.75, 3.05) is 14.2 Å². The van der Waals surface area contributed by atoms with Crippen molar-refractivity contribution in [3.05, 3.63) is 41.2 Å². The first-order valence-electron chi connectivity index (χ1n) is 8.82. The molecule has 0 aromatic heterocycles. The van der Waals surface area contributed by atoms with Crippen LogP contribution in [0, 0.1) is 10.8 Å². The maximum atomic E-state index is 8.25. The van der Waals surface area contributed by atoms with Crippen molar-refractivity contribution in [3.63, 3.8) is 0 Å². The Labute approximate surface area is 164 Å². The number of allylic oxidation sites excluding steroid dienone is 8. The van der Waals surface area contributed by atoms with Crippen molar-refractivity contribution in [2.24, 2.45) is 10.8 Å². The Morgan fingerprint density at radius 2 is 0.760 bits per heavy atom. The van der Waals surface area contributed by atoms with Crippen LogP contribution in [-0.2, 0) is 19.2 Å². The van der Waals surface area contributed by atoms with Crippen LogP contribution in [-0.4, -0.2) is 14.2 Å². The molecular weight excluding hydrogens is 344 g/mol. The topological polar surface area (TPSA) is 46.1 Å². The summed E-state index contributed by atoms with van der Waals surface area (Å²) in [6.45, 7) is 23.6.